The summed E-state index contributed by atoms with van der Waals surface area (Å²) in [5.74, 6) is 2.27. The topological polar surface area (TPSA) is 21.7 Å². The number of likely N-dealkylation sites (tertiary alicyclic amines) is 1. The molecule has 2 saturated heterocycles. The Morgan fingerprint density at radius 1 is 1.08 bits per heavy atom. The molecule has 26 heavy (non-hydrogen) atoms. The lowest BCUT2D eigenvalue weighted by Gasteiger charge is -2.42. The summed E-state index contributed by atoms with van der Waals surface area (Å²) in [6, 6.07) is 0. The summed E-state index contributed by atoms with van der Waals surface area (Å²) in [7, 11) is 0. The van der Waals surface area contributed by atoms with Gasteiger partial charge in [0.1, 0.15) is 0 Å². The van der Waals surface area contributed by atoms with Gasteiger partial charge in [-0.15, -0.1) is 0 Å². The van der Waals surface area contributed by atoms with Gasteiger partial charge in [0.05, 0.1) is 12.7 Å². The maximum atomic E-state index is 6.51. The lowest BCUT2D eigenvalue weighted by molar-refractivity contribution is -0.197. The van der Waals surface area contributed by atoms with Gasteiger partial charge in [-0.25, -0.2) is 0 Å². The fourth-order valence-electron chi connectivity index (χ4n) is 6.01. The largest absolute Gasteiger partial charge is 0.347 e. The lowest BCUT2D eigenvalue weighted by atomic mass is 9.68. The summed E-state index contributed by atoms with van der Waals surface area (Å²) in [5.41, 5.74) is 0.468. The van der Waals surface area contributed by atoms with Crippen LogP contribution < -0.4 is 0 Å². The van der Waals surface area contributed by atoms with E-state index in [4.69, 9.17) is 9.47 Å². The molecule has 0 aromatic rings. The third-order valence-corrected chi connectivity index (χ3v) is 7.37. The molecule has 2 heterocycles. The molecule has 3 fully saturated rings. The Hall–Kier alpha value is -0.120. The Kier molecular flexibility index (Phi) is 6.73. The van der Waals surface area contributed by atoms with Crippen LogP contribution in [0.3, 0.4) is 0 Å². The zero-order valence-corrected chi connectivity index (χ0v) is 18.1. The first-order valence-corrected chi connectivity index (χ1v) is 11.4. The molecule has 2 aliphatic heterocycles. The first-order valence-electron chi connectivity index (χ1n) is 11.4. The van der Waals surface area contributed by atoms with E-state index in [9.17, 15) is 0 Å². The van der Waals surface area contributed by atoms with Crippen molar-refractivity contribution in [3.63, 3.8) is 0 Å². The van der Waals surface area contributed by atoms with Crippen LogP contribution in [0.2, 0.25) is 0 Å². The highest BCUT2D eigenvalue weighted by Crippen LogP contribution is 2.47. The van der Waals surface area contributed by atoms with Crippen LogP contribution in [0.1, 0.15) is 86.0 Å². The van der Waals surface area contributed by atoms with Crippen molar-refractivity contribution in [3.05, 3.63) is 0 Å². The van der Waals surface area contributed by atoms with Crippen LogP contribution in [-0.2, 0) is 9.47 Å². The molecule has 0 amide bonds. The van der Waals surface area contributed by atoms with Crippen LogP contribution in [0.4, 0.5) is 0 Å². The third kappa shape index (κ3) is 5.02. The van der Waals surface area contributed by atoms with E-state index in [1.165, 1.54) is 51.7 Å². The molecule has 3 nitrogen and oxygen atoms in total. The maximum absolute atomic E-state index is 6.51. The van der Waals surface area contributed by atoms with Crippen molar-refractivity contribution >= 4 is 0 Å². The highest BCUT2D eigenvalue weighted by molar-refractivity contribution is 4.90. The summed E-state index contributed by atoms with van der Waals surface area (Å²) >= 11 is 0. The zero-order valence-electron chi connectivity index (χ0n) is 18.1. The van der Waals surface area contributed by atoms with Gasteiger partial charge in [-0.1, -0.05) is 41.0 Å². The predicted octanol–water partition coefficient (Wildman–Crippen LogP) is 5.48. The molecule has 3 rings (SSSR count). The van der Waals surface area contributed by atoms with Gasteiger partial charge in [0.2, 0.25) is 0 Å². The van der Waals surface area contributed by atoms with Crippen molar-refractivity contribution < 1.29 is 9.47 Å². The van der Waals surface area contributed by atoms with Crippen molar-refractivity contribution in [3.8, 4) is 0 Å². The maximum Gasteiger partial charge on any atom is 0.168 e. The van der Waals surface area contributed by atoms with Gasteiger partial charge in [-0.3, -0.25) is 0 Å². The lowest BCUT2D eigenvalue weighted by Crippen LogP contribution is -2.41. The minimum atomic E-state index is -0.244. The highest BCUT2D eigenvalue weighted by atomic mass is 16.7. The fourth-order valence-corrected chi connectivity index (χ4v) is 6.01. The van der Waals surface area contributed by atoms with E-state index in [0.717, 1.165) is 43.6 Å². The van der Waals surface area contributed by atoms with Crippen LogP contribution in [-0.4, -0.2) is 43.0 Å². The molecule has 0 aromatic carbocycles. The molecule has 0 aromatic heterocycles. The standard InChI is InChI=1S/C23H43NO2/c1-6-10-22(4,5)20-7-11-23(12-8-20)25-17-21(26-23)9-13-24-15-18(2)14-19(3)16-24/h18-21H,6-17H2,1-5H3. The number of hydrogen-bond donors (Lipinski definition) is 0. The van der Waals surface area contributed by atoms with E-state index in [1.54, 1.807) is 0 Å². The zero-order chi connectivity index (χ0) is 18.8. The third-order valence-electron chi connectivity index (χ3n) is 7.37. The second-order valence-corrected chi connectivity index (χ2v) is 10.5. The smallest absolute Gasteiger partial charge is 0.168 e. The second kappa shape index (κ2) is 8.49. The molecule has 0 N–H and O–H groups in total. The van der Waals surface area contributed by atoms with Gasteiger partial charge in [0, 0.05) is 32.5 Å². The minimum Gasteiger partial charge on any atom is -0.347 e. The molecule has 0 bridgehead atoms. The van der Waals surface area contributed by atoms with E-state index >= 15 is 0 Å². The Morgan fingerprint density at radius 3 is 2.35 bits per heavy atom. The molecule has 3 unspecified atom stereocenters. The van der Waals surface area contributed by atoms with Crippen molar-refractivity contribution in [1.29, 1.82) is 0 Å². The summed E-state index contributed by atoms with van der Waals surface area (Å²) in [6.07, 6.45) is 10.2. The van der Waals surface area contributed by atoms with Gasteiger partial charge in [-0.05, 0) is 55.3 Å². The number of nitrogens with zero attached hydrogens (tertiary/aromatic N) is 1. The van der Waals surface area contributed by atoms with Crippen molar-refractivity contribution in [1.82, 2.24) is 4.90 Å². The first kappa shape index (κ1) is 20.6. The van der Waals surface area contributed by atoms with E-state index < -0.39 is 0 Å². The van der Waals surface area contributed by atoms with Gasteiger partial charge in [0.15, 0.2) is 5.79 Å². The molecular weight excluding hydrogens is 322 g/mol. The molecule has 1 aliphatic carbocycles. The number of piperidine rings is 1. The van der Waals surface area contributed by atoms with E-state index in [0.29, 0.717) is 11.5 Å². The Balaban J connectivity index is 1.43. The highest BCUT2D eigenvalue weighted by Gasteiger charge is 2.46. The molecular formula is C23H43NO2. The Morgan fingerprint density at radius 2 is 1.73 bits per heavy atom. The summed E-state index contributed by atoms with van der Waals surface area (Å²) in [6.45, 7) is 16.5. The van der Waals surface area contributed by atoms with Gasteiger partial charge >= 0.3 is 0 Å². The number of hydrogen-bond acceptors (Lipinski definition) is 3. The number of rotatable bonds is 6. The fraction of sp³-hybridized carbons (Fsp3) is 1.00. The summed E-state index contributed by atoms with van der Waals surface area (Å²) < 4.78 is 12.8. The summed E-state index contributed by atoms with van der Waals surface area (Å²) in [5, 5.41) is 0. The van der Waals surface area contributed by atoms with Crippen molar-refractivity contribution in [2.24, 2.45) is 23.2 Å². The summed E-state index contributed by atoms with van der Waals surface area (Å²) in [4.78, 5) is 2.65. The van der Waals surface area contributed by atoms with E-state index in [2.05, 4.69) is 39.5 Å². The van der Waals surface area contributed by atoms with Crippen molar-refractivity contribution in [2.75, 3.05) is 26.2 Å². The van der Waals surface area contributed by atoms with Crippen LogP contribution in [0.25, 0.3) is 0 Å². The molecule has 1 saturated carbocycles. The molecule has 3 aliphatic rings. The quantitative estimate of drug-likeness (QED) is 0.622. The number of ether oxygens (including phenoxy) is 2. The molecule has 3 heteroatoms. The van der Waals surface area contributed by atoms with Crippen LogP contribution in [0.15, 0.2) is 0 Å². The minimum absolute atomic E-state index is 0.244. The average molecular weight is 366 g/mol. The van der Waals surface area contributed by atoms with Crippen LogP contribution >= 0.6 is 0 Å². The monoisotopic (exact) mass is 365 g/mol. The molecule has 152 valence electrons. The van der Waals surface area contributed by atoms with Crippen LogP contribution in [0, 0.1) is 23.2 Å². The molecule has 3 atom stereocenters. The van der Waals surface area contributed by atoms with Crippen LogP contribution in [0.5, 0.6) is 0 Å². The molecule has 1 spiro atoms. The van der Waals surface area contributed by atoms with Gasteiger partial charge in [-0.2, -0.15) is 0 Å². The SMILES string of the molecule is CCCC(C)(C)C1CCC2(CC1)OCC(CCN1CC(C)CC(C)C1)O2. The van der Waals surface area contributed by atoms with Gasteiger partial charge < -0.3 is 14.4 Å². The first-order chi connectivity index (χ1) is 12.3. The average Bonchev–Trinajstić information content (AvgIpc) is 2.95. The normalized spacial score (nSPS) is 39.6. The van der Waals surface area contributed by atoms with Crippen molar-refractivity contribution in [2.45, 2.75) is 97.9 Å². The van der Waals surface area contributed by atoms with Gasteiger partial charge in [0.25, 0.3) is 0 Å². The van der Waals surface area contributed by atoms with E-state index in [1.807, 2.05) is 0 Å². The van der Waals surface area contributed by atoms with E-state index in [-0.39, 0.29) is 5.79 Å². The second-order valence-electron chi connectivity index (χ2n) is 10.5. The molecule has 0 radical (unpaired) electrons. The predicted molar refractivity (Wildman–Crippen MR) is 108 cm³/mol. The Labute approximate surface area is 162 Å². The Bertz CT molecular complexity index is 431.